The molecule has 5 nitrogen and oxygen atoms in total. The van der Waals surface area contributed by atoms with E-state index in [-0.39, 0.29) is 17.4 Å². The number of nitrogens with zero attached hydrogens (tertiary/aromatic N) is 2. The summed E-state index contributed by atoms with van der Waals surface area (Å²) in [5.41, 5.74) is 1.54. The Morgan fingerprint density at radius 2 is 1.93 bits per heavy atom. The first kappa shape index (κ1) is 19.6. The van der Waals surface area contributed by atoms with Crippen molar-refractivity contribution in [3.05, 3.63) is 34.9 Å². The third kappa shape index (κ3) is 4.29. The first-order valence-electron chi connectivity index (χ1n) is 10.6. The molecule has 152 valence electrons. The smallest absolute Gasteiger partial charge is 0.225 e. The molecule has 1 aromatic rings. The summed E-state index contributed by atoms with van der Waals surface area (Å²) in [5, 5.41) is 7.82. The molecule has 1 atom stereocenters. The van der Waals surface area contributed by atoms with Gasteiger partial charge in [0.1, 0.15) is 0 Å². The zero-order chi connectivity index (χ0) is 19.6. The maximum Gasteiger partial charge on any atom is 0.225 e. The molecule has 2 N–H and O–H groups in total. The van der Waals surface area contributed by atoms with Gasteiger partial charge in [0, 0.05) is 49.1 Å². The fourth-order valence-electron chi connectivity index (χ4n) is 4.67. The van der Waals surface area contributed by atoms with E-state index in [0.29, 0.717) is 5.91 Å². The Balaban J connectivity index is 1.27. The van der Waals surface area contributed by atoms with Gasteiger partial charge in [0.2, 0.25) is 5.91 Å². The first-order chi connectivity index (χ1) is 13.6. The van der Waals surface area contributed by atoms with Crippen LogP contribution in [0, 0.1) is 5.92 Å². The van der Waals surface area contributed by atoms with Crippen LogP contribution in [0.1, 0.15) is 50.5 Å². The van der Waals surface area contributed by atoms with Crippen LogP contribution >= 0.6 is 11.6 Å². The number of hydrogen-bond acceptors (Lipinski definition) is 2. The lowest BCUT2D eigenvalue weighted by Crippen LogP contribution is -2.47. The van der Waals surface area contributed by atoms with E-state index in [1.165, 1.54) is 31.2 Å². The molecule has 0 bridgehead atoms. The van der Waals surface area contributed by atoms with Crippen LogP contribution in [0.5, 0.6) is 0 Å². The second kappa shape index (κ2) is 8.32. The second-order valence-electron chi connectivity index (χ2n) is 8.61. The van der Waals surface area contributed by atoms with E-state index in [9.17, 15) is 4.79 Å². The van der Waals surface area contributed by atoms with Gasteiger partial charge in [-0.25, -0.2) is 0 Å². The number of guanidine groups is 1. The summed E-state index contributed by atoms with van der Waals surface area (Å²) in [6.07, 6.45) is 7.92. The van der Waals surface area contributed by atoms with Crippen molar-refractivity contribution in [2.45, 2.75) is 56.4 Å². The van der Waals surface area contributed by atoms with E-state index in [2.05, 4.69) is 32.7 Å². The SMILES string of the molecule is CN=C(NCC1(c2ccc(Cl)cc2)CC1)NC1CCN(C(=O)C2CCCC2)C1. The lowest BCUT2D eigenvalue weighted by molar-refractivity contribution is -0.134. The van der Waals surface area contributed by atoms with Crippen molar-refractivity contribution in [2.24, 2.45) is 10.9 Å². The summed E-state index contributed by atoms with van der Waals surface area (Å²) in [6.45, 7) is 2.52. The van der Waals surface area contributed by atoms with Crippen LogP contribution in [0.2, 0.25) is 5.02 Å². The molecular weight excluding hydrogens is 372 g/mol. The Hall–Kier alpha value is -1.75. The summed E-state index contributed by atoms with van der Waals surface area (Å²) in [4.78, 5) is 19.1. The number of benzene rings is 1. The lowest BCUT2D eigenvalue weighted by atomic mass is 9.96. The number of carbonyl (C=O) groups excluding carboxylic acids is 1. The first-order valence-corrected chi connectivity index (χ1v) is 11.0. The molecule has 2 saturated carbocycles. The van der Waals surface area contributed by atoms with Crippen molar-refractivity contribution >= 4 is 23.5 Å². The highest BCUT2D eigenvalue weighted by Gasteiger charge is 2.44. The van der Waals surface area contributed by atoms with Crippen LogP contribution in [-0.2, 0) is 10.2 Å². The molecule has 0 aromatic heterocycles. The lowest BCUT2D eigenvalue weighted by Gasteiger charge is -2.23. The topological polar surface area (TPSA) is 56.7 Å². The number of likely N-dealkylation sites (tertiary alicyclic amines) is 1. The molecule has 1 aromatic carbocycles. The minimum atomic E-state index is 0.197. The zero-order valence-corrected chi connectivity index (χ0v) is 17.5. The summed E-state index contributed by atoms with van der Waals surface area (Å²) in [6, 6.07) is 8.49. The van der Waals surface area contributed by atoms with E-state index in [1.807, 2.05) is 19.2 Å². The summed E-state index contributed by atoms with van der Waals surface area (Å²) in [7, 11) is 1.81. The average Bonchev–Trinajstić information content (AvgIpc) is 3.11. The van der Waals surface area contributed by atoms with Crippen molar-refractivity contribution in [2.75, 3.05) is 26.7 Å². The second-order valence-corrected chi connectivity index (χ2v) is 9.04. The number of carbonyl (C=O) groups is 1. The van der Waals surface area contributed by atoms with E-state index in [1.54, 1.807) is 0 Å². The van der Waals surface area contributed by atoms with Crippen LogP contribution in [0.3, 0.4) is 0 Å². The highest BCUT2D eigenvalue weighted by atomic mass is 35.5. The Kier molecular flexibility index (Phi) is 5.81. The van der Waals surface area contributed by atoms with Crippen molar-refractivity contribution in [1.82, 2.24) is 15.5 Å². The van der Waals surface area contributed by atoms with Gasteiger partial charge in [-0.1, -0.05) is 36.6 Å². The molecule has 1 unspecified atom stereocenters. The van der Waals surface area contributed by atoms with Crippen LogP contribution in [0.4, 0.5) is 0 Å². The standard InChI is InChI=1S/C22H31ClN4O/c1-24-21(25-15-22(11-12-22)17-6-8-18(23)9-7-17)26-19-10-13-27(14-19)20(28)16-4-2-3-5-16/h6-9,16,19H,2-5,10-15H2,1H3,(H2,24,25,26). The molecule has 1 heterocycles. The van der Waals surface area contributed by atoms with Crippen molar-refractivity contribution < 1.29 is 4.79 Å². The number of amides is 1. The largest absolute Gasteiger partial charge is 0.356 e. The molecule has 0 spiro atoms. The minimum absolute atomic E-state index is 0.197. The summed E-state index contributed by atoms with van der Waals surface area (Å²) in [5.74, 6) is 1.47. The van der Waals surface area contributed by atoms with Gasteiger partial charge in [-0.3, -0.25) is 9.79 Å². The molecule has 1 amide bonds. The van der Waals surface area contributed by atoms with Gasteiger partial charge in [0.15, 0.2) is 5.96 Å². The Labute approximate surface area is 172 Å². The van der Waals surface area contributed by atoms with Gasteiger partial charge in [0.25, 0.3) is 0 Å². The molecule has 3 aliphatic rings. The van der Waals surface area contributed by atoms with Crippen LogP contribution in [0.25, 0.3) is 0 Å². The van der Waals surface area contributed by atoms with Crippen molar-refractivity contribution in [3.63, 3.8) is 0 Å². The normalized spacial score (nSPS) is 24.4. The Morgan fingerprint density at radius 1 is 1.21 bits per heavy atom. The summed E-state index contributed by atoms with van der Waals surface area (Å²) >= 11 is 6.03. The minimum Gasteiger partial charge on any atom is -0.356 e. The van der Waals surface area contributed by atoms with Crippen molar-refractivity contribution in [3.8, 4) is 0 Å². The monoisotopic (exact) mass is 402 g/mol. The summed E-state index contributed by atoms with van der Waals surface area (Å²) < 4.78 is 0. The third-order valence-corrected chi connectivity index (χ3v) is 6.93. The zero-order valence-electron chi connectivity index (χ0n) is 16.7. The number of nitrogens with one attached hydrogen (secondary N) is 2. The molecule has 4 rings (SSSR count). The third-order valence-electron chi connectivity index (χ3n) is 6.67. The van der Waals surface area contributed by atoms with E-state index >= 15 is 0 Å². The number of aliphatic imine (C=N–C) groups is 1. The van der Waals surface area contributed by atoms with Gasteiger partial charge in [-0.2, -0.15) is 0 Å². The van der Waals surface area contributed by atoms with Crippen LogP contribution in [0.15, 0.2) is 29.3 Å². The van der Waals surface area contributed by atoms with E-state index < -0.39 is 0 Å². The number of halogens is 1. The van der Waals surface area contributed by atoms with E-state index in [0.717, 1.165) is 49.9 Å². The van der Waals surface area contributed by atoms with Gasteiger partial charge in [-0.05, 0) is 49.8 Å². The molecule has 3 fully saturated rings. The molecular formula is C22H31ClN4O. The predicted molar refractivity (Wildman–Crippen MR) is 114 cm³/mol. The maximum atomic E-state index is 12.6. The fourth-order valence-corrected chi connectivity index (χ4v) is 4.80. The van der Waals surface area contributed by atoms with Gasteiger partial charge < -0.3 is 15.5 Å². The molecule has 2 aliphatic carbocycles. The van der Waals surface area contributed by atoms with Crippen LogP contribution < -0.4 is 10.6 Å². The van der Waals surface area contributed by atoms with Crippen molar-refractivity contribution in [1.29, 1.82) is 0 Å². The molecule has 1 saturated heterocycles. The quantitative estimate of drug-likeness (QED) is 0.586. The average molecular weight is 403 g/mol. The highest BCUT2D eigenvalue weighted by molar-refractivity contribution is 6.30. The van der Waals surface area contributed by atoms with Gasteiger partial charge in [0.05, 0.1) is 0 Å². The molecule has 28 heavy (non-hydrogen) atoms. The van der Waals surface area contributed by atoms with Gasteiger partial charge >= 0.3 is 0 Å². The molecule has 6 heteroatoms. The highest BCUT2D eigenvalue weighted by Crippen LogP contribution is 2.47. The fraction of sp³-hybridized carbons (Fsp3) is 0.636. The number of rotatable bonds is 5. The van der Waals surface area contributed by atoms with E-state index in [4.69, 9.17) is 11.6 Å². The van der Waals surface area contributed by atoms with Gasteiger partial charge in [-0.15, -0.1) is 0 Å². The molecule has 0 radical (unpaired) electrons. The van der Waals surface area contributed by atoms with Crippen LogP contribution in [-0.4, -0.2) is 49.5 Å². The number of hydrogen-bond donors (Lipinski definition) is 2. The maximum absolute atomic E-state index is 12.6. The Bertz CT molecular complexity index is 723. The Morgan fingerprint density at radius 3 is 2.57 bits per heavy atom. The molecule has 1 aliphatic heterocycles. The predicted octanol–water partition coefficient (Wildman–Crippen LogP) is 3.33.